The summed E-state index contributed by atoms with van der Waals surface area (Å²) >= 11 is 0. The molecular weight excluding hydrogens is 294 g/mol. The number of amides is 1. The van der Waals surface area contributed by atoms with Gasteiger partial charge in [-0.2, -0.15) is 0 Å². The van der Waals surface area contributed by atoms with Gasteiger partial charge in [-0.25, -0.2) is 4.98 Å². The number of nitrogens with one attached hydrogen (secondary N) is 1. The largest absolute Gasteiger partial charge is 0.481 e. The standard InChI is InChI=1S/C17H15N3O3/c1-11-5-6-15-19-14(10-20(15)9-11)17(23)18-13-4-2-3-12(7-13)8-16(21)22/h2-7,9-10H,8H2,1H3,(H,18,23)(H,21,22). The van der Waals surface area contributed by atoms with Crippen LogP contribution in [0.2, 0.25) is 0 Å². The Balaban J connectivity index is 1.81. The normalized spacial score (nSPS) is 10.7. The molecule has 2 N–H and O–H groups in total. The second-order valence-electron chi connectivity index (χ2n) is 5.32. The molecule has 6 heteroatoms. The third-order valence-electron chi connectivity index (χ3n) is 3.37. The number of hydrogen-bond acceptors (Lipinski definition) is 3. The van der Waals surface area contributed by atoms with Crippen LogP contribution in [0.1, 0.15) is 21.6 Å². The molecule has 0 aliphatic heterocycles. The van der Waals surface area contributed by atoms with Crippen molar-refractivity contribution in [2.24, 2.45) is 0 Å². The van der Waals surface area contributed by atoms with Gasteiger partial charge in [0.05, 0.1) is 6.42 Å². The van der Waals surface area contributed by atoms with Gasteiger partial charge in [0.15, 0.2) is 0 Å². The van der Waals surface area contributed by atoms with Crippen LogP contribution >= 0.6 is 0 Å². The summed E-state index contributed by atoms with van der Waals surface area (Å²) in [6.45, 7) is 1.97. The van der Waals surface area contributed by atoms with Gasteiger partial charge in [-0.1, -0.05) is 18.2 Å². The molecule has 116 valence electrons. The minimum Gasteiger partial charge on any atom is -0.481 e. The molecule has 1 amide bonds. The van der Waals surface area contributed by atoms with Crippen molar-refractivity contribution in [1.29, 1.82) is 0 Å². The Kier molecular flexibility index (Phi) is 3.80. The SMILES string of the molecule is Cc1ccc2nc(C(=O)Nc3cccc(CC(=O)O)c3)cn2c1. The molecule has 0 fully saturated rings. The fraction of sp³-hybridized carbons (Fsp3) is 0.118. The Bertz CT molecular complexity index is 899. The quantitative estimate of drug-likeness (QED) is 0.775. The van der Waals surface area contributed by atoms with Crippen molar-refractivity contribution in [3.63, 3.8) is 0 Å². The first-order chi connectivity index (χ1) is 11.0. The molecule has 1 aromatic carbocycles. The maximum absolute atomic E-state index is 12.3. The Morgan fingerprint density at radius 2 is 2.04 bits per heavy atom. The Hall–Kier alpha value is -3.15. The monoisotopic (exact) mass is 309 g/mol. The van der Waals surface area contributed by atoms with E-state index in [2.05, 4.69) is 10.3 Å². The predicted octanol–water partition coefficient (Wildman–Crippen LogP) is 2.52. The molecule has 0 bridgehead atoms. The van der Waals surface area contributed by atoms with Gasteiger partial charge in [-0.05, 0) is 36.2 Å². The van der Waals surface area contributed by atoms with Crippen molar-refractivity contribution in [3.8, 4) is 0 Å². The number of carbonyl (C=O) groups is 2. The highest BCUT2D eigenvalue weighted by molar-refractivity contribution is 6.03. The number of carboxylic acid groups (broad SMARTS) is 1. The number of rotatable bonds is 4. The van der Waals surface area contributed by atoms with E-state index in [1.54, 1.807) is 34.9 Å². The van der Waals surface area contributed by atoms with Crippen LogP contribution in [0.3, 0.4) is 0 Å². The van der Waals surface area contributed by atoms with Gasteiger partial charge in [0.1, 0.15) is 11.3 Å². The van der Waals surface area contributed by atoms with Gasteiger partial charge in [-0.15, -0.1) is 0 Å². The summed E-state index contributed by atoms with van der Waals surface area (Å²) in [6, 6.07) is 10.5. The summed E-state index contributed by atoms with van der Waals surface area (Å²) in [5.74, 6) is -1.25. The Morgan fingerprint density at radius 1 is 1.22 bits per heavy atom. The summed E-state index contributed by atoms with van der Waals surface area (Å²) in [6.07, 6.45) is 3.47. The number of anilines is 1. The van der Waals surface area contributed by atoms with Crippen molar-refractivity contribution < 1.29 is 14.7 Å². The summed E-state index contributed by atoms with van der Waals surface area (Å²) in [5.41, 5.74) is 3.24. The van der Waals surface area contributed by atoms with Gasteiger partial charge < -0.3 is 14.8 Å². The van der Waals surface area contributed by atoms with E-state index in [0.717, 1.165) is 5.56 Å². The van der Waals surface area contributed by atoms with E-state index in [9.17, 15) is 9.59 Å². The van der Waals surface area contributed by atoms with Gasteiger partial charge in [-0.3, -0.25) is 9.59 Å². The average Bonchev–Trinajstić information content (AvgIpc) is 2.90. The highest BCUT2D eigenvalue weighted by atomic mass is 16.4. The van der Waals surface area contributed by atoms with Crippen molar-refractivity contribution in [3.05, 3.63) is 65.6 Å². The van der Waals surface area contributed by atoms with Crippen molar-refractivity contribution >= 4 is 23.2 Å². The number of hydrogen-bond donors (Lipinski definition) is 2. The van der Waals surface area contributed by atoms with Crippen LogP contribution in [0.25, 0.3) is 5.65 Å². The number of pyridine rings is 1. The fourth-order valence-corrected chi connectivity index (χ4v) is 2.34. The summed E-state index contributed by atoms with van der Waals surface area (Å²) < 4.78 is 1.80. The number of aromatic nitrogens is 2. The Labute approximate surface area is 132 Å². The second-order valence-corrected chi connectivity index (χ2v) is 5.32. The van der Waals surface area contributed by atoms with Crippen LogP contribution in [0.15, 0.2) is 48.8 Å². The first kappa shape index (κ1) is 14.8. The smallest absolute Gasteiger partial charge is 0.307 e. The first-order valence-electron chi connectivity index (χ1n) is 7.09. The lowest BCUT2D eigenvalue weighted by atomic mass is 10.1. The lowest BCUT2D eigenvalue weighted by Gasteiger charge is -2.05. The highest BCUT2D eigenvalue weighted by Crippen LogP contribution is 2.14. The van der Waals surface area contributed by atoms with Crippen molar-refractivity contribution in [2.75, 3.05) is 5.32 Å². The molecule has 0 radical (unpaired) electrons. The van der Waals surface area contributed by atoms with E-state index in [1.165, 1.54) is 0 Å². The number of aliphatic carboxylic acids is 1. The second kappa shape index (κ2) is 5.92. The van der Waals surface area contributed by atoms with Crippen molar-refractivity contribution in [1.82, 2.24) is 9.38 Å². The maximum atomic E-state index is 12.3. The number of imidazole rings is 1. The van der Waals surface area contributed by atoms with Gasteiger partial charge in [0.2, 0.25) is 0 Å². The van der Waals surface area contributed by atoms with E-state index in [-0.39, 0.29) is 12.3 Å². The average molecular weight is 309 g/mol. The van der Waals surface area contributed by atoms with E-state index in [0.29, 0.717) is 22.6 Å². The third-order valence-corrected chi connectivity index (χ3v) is 3.37. The number of fused-ring (bicyclic) bond motifs is 1. The van der Waals surface area contributed by atoms with Crippen LogP contribution in [0.5, 0.6) is 0 Å². The zero-order chi connectivity index (χ0) is 16.4. The molecule has 0 spiro atoms. The van der Waals surface area contributed by atoms with E-state index >= 15 is 0 Å². The molecule has 0 unspecified atom stereocenters. The summed E-state index contributed by atoms with van der Waals surface area (Å²) in [4.78, 5) is 27.3. The number of carboxylic acids is 1. The first-order valence-corrected chi connectivity index (χ1v) is 7.09. The Morgan fingerprint density at radius 3 is 2.83 bits per heavy atom. The van der Waals surface area contributed by atoms with Crippen LogP contribution in [-0.4, -0.2) is 26.4 Å². The molecule has 3 aromatic rings. The molecule has 0 saturated heterocycles. The molecule has 6 nitrogen and oxygen atoms in total. The zero-order valence-corrected chi connectivity index (χ0v) is 12.5. The number of aryl methyl sites for hydroxylation is 1. The van der Waals surface area contributed by atoms with Crippen LogP contribution in [-0.2, 0) is 11.2 Å². The maximum Gasteiger partial charge on any atom is 0.307 e. The van der Waals surface area contributed by atoms with Gasteiger partial charge in [0.25, 0.3) is 5.91 Å². The molecule has 2 aromatic heterocycles. The molecule has 0 aliphatic rings. The number of nitrogens with zero attached hydrogens (tertiary/aromatic N) is 2. The minimum atomic E-state index is -0.913. The number of benzene rings is 1. The van der Waals surface area contributed by atoms with Crippen LogP contribution in [0.4, 0.5) is 5.69 Å². The third kappa shape index (κ3) is 3.37. The fourth-order valence-electron chi connectivity index (χ4n) is 2.34. The lowest BCUT2D eigenvalue weighted by molar-refractivity contribution is -0.136. The minimum absolute atomic E-state index is 0.0860. The summed E-state index contributed by atoms with van der Waals surface area (Å²) in [7, 11) is 0. The molecule has 2 heterocycles. The topological polar surface area (TPSA) is 83.7 Å². The van der Waals surface area contributed by atoms with Gasteiger partial charge >= 0.3 is 5.97 Å². The molecular formula is C17H15N3O3. The van der Waals surface area contributed by atoms with Crippen LogP contribution < -0.4 is 5.32 Å². The molecule has 23 heavy (non-hydrogen) atoms. The van der Waals surface area contributed by atoms with Crippen molar-refractivity contribution in [2.45, 2.75) is 13.3 Å². The van der Waals surface area contributed by atoms with E-state index in [1.807, 2.05) is 25.3 Å². The van der Waals surface area contributed by atoms with E-state index in [4.69, 9.17) is 5.11 Å². The predicted molar refractivity (Wildman–Crippen MR) is 85.7 cm³/mol. The molecule has 0 saturated carbocycles. The van der Waals surface area contributed by atoms with Crippen LogP contribution in [0, 0.1) is 6.92 Å². The zero-order valence-electron chi connectivity index (χ0n) is 12.5. The van der Waals surface area contributed by atoms with Gasteiger partial charge in [0, 0.05) is 18.1 Å². The molecule has 3 rings (SSSR count). The lowest BCUT2D eigenvalue weighted by Crippen LogP contribution is -2.12. The highest BCUT2D eigenvalue weighted by Gasteiger charge is 2.11. The molecule has 0 atom stereocenters. The van der Waals surface area contributed by atoms with E-state index < -0.39 is 5.97 Å². The molecule has 0 aliphatic carbocycles. The summed E-state index contributed by atoms with van der Waals surface area (Å²) in [5, 5.41) is 11.6. The number of carbonyl (C=O) groups excluding carboxylic acids is 1.